The number of nitro benzene ring substituents is 1. The maximum atomic E-state index is 11.0. The van der Waals surface area contributed by atoms with Crippen LogP contribution >= 0.6 is 11.6 Å². The van der Waals surface area contributed by atoms with Crippen molar-refractivity contribution in [2.75, 3.05) is 19.6 Å². The number of nitro groups is 1. The van der Waals surface area contributed by atoms with Gasteiger partial charge >= 0.3 is 5.69 Å². The van der Waals surface area contributed by atoms with Gasteiger partial charge < -0.3 is 9.47 Å². The first-order valence-corrected chi connectivity index (χ1v) is 6.88. The van der Waals surface area contributed by atoms with Crippen LogP contribution < -0.4 is 14.9 Å². The number of halogens is 1. The van der Waals surface area contributed by atoms with E-state index in [-0.39, 0.29) is 11.4 Å². The Labute approximate surface area is 137 Å². The third-order valence-electron chi connectivity index (χ3n) is 2.96. The molecule has 2 aromatic carbocycles. The van der Waals surface area contributed by atoms with E-state index < -0.39 is 4.92 Å². The number of nitrogens with one attached hydrogen (secondary N) is 1. The molecule has 8 heteroatoms. The molecule has 0 aliphatic rings. The van der Waals surface area contributed by atoms with E-state index in [2.05, 4.69) is 10.5 Å². The predicted molar refractivity (Wildman–Crippen MR) is 88.9 cm³/mol. The molecule has 7 nitrogen and oxygen atoms in total. The van der Waals surface area contributed by atoms with Gasteiger partial charge in [0.25, 0.3) is 0 Å². The van der Waals surface area contributed by atoms with E-state index in [4.69, 9.17) is 21.1 Å². The topological polar surface area (TPSA) is 86.0 Å². The zero-order valence-electron chi connectivity index (χ0n) is 12.4. The fourth-order valence-corrected chi connectivity index (χ4v) is 2.10. The molecule has 0 bridgehead atoms. The lowest BCUT2D eigenvalue weighted by Gasteiger charge is -2.05. The van der Waals surface area contributed by atoms with Crippen LogP contribution in [0.3, 0.4) is 0 Å². The quantitative estimate of drug-likeness (QED) is 0.494. The Morgan fingerprint density at radius 3 is 2.48 bits per heavy atom. The summed E-state index contributed by atoms with van der Waals surface area (Å²) in [4.78, 5) is 10.5. The molecule has 0 unspecified atom stereocenters. The molecule has 0 saturated carbocycles. The number of hydrazone groups is 1. The number of rotatable bonds is 6. The predicted octanol–water partition coefficient (Wildman–Crippen LogP) is 3.71. The van der Waals surface area contributed by atoms with E-state index in [1.807, 2.05) is 0 Å². The molecule has 0 saturated heterocycles. The second-order valence-electron chi connectivity index (χ2n) is 4.41. The summed E-state index contributed by atoms with van der Waals surface area (Å²) in [6.07, 6.45) is 1.46. The van der Waals surface area contributed by atoms with Crippen LogP contribution in [-0.4, -0.2) is 25.4 Å². The molecule has 120 valence electrons. The summed E-state index contributed by atoms with van der Waals surface area (Å²) in [5, 5.41) is 15.4. The highest BCUT2D eigenvalue weighted by Crippen LogP contribution is 2.28. The summed E-state index contributed by atoms with van der Waals surface area (Å²) < 4.78 is 10.00. The summed E-state index contributed by atoms with van der Waals surface area (Å²) in [5.74, 6) is 0.758. The number of hydrogen-bond acceptors (Lipinski definition) is 6. The van der Waals surface area contributed by atoms with Crippen molar-refractivity contribution in [3.05, 3.63) is 57.1 Å². The van der Waals surface area contributed by atoms with Crippen LogP contribution in [0.1, 0.15) is 5.56 Å². The summed E-state index contributed by atoms with van der Waals surface area (Å²) in [7, 11) is 2.91. The lowest BCUT2D eigenvalue weighted by molar-refractivity contribution is -0.385. The van der Waals surface area contributed by atoms with Crippen LogP contribution in [0.2, 0.25) is 5.02 Å². The van der Waals surface area contributed by atoms with Crippen LogP contribution in [0, 0.1) is 10.1 Å². The highest BCUT2D eigenvalue weighted by atomic mass is 35.5. The van der Waals surface area contributed by atoms with Gasteiger partial charge in [0.05, 0.1) is 36.1 Å². The summed E-state index contributed by atoms with van der Waals surface area (Å²) in [6, 6.07) is 9.68. The maximum Gasteiger partial charge on any atom is 0.311 e. The molecular weight excluding hydrogens is 322 g/mol. The van der Waals surface area contributed by atoms with Crippen molar-refractivity contribution >= 4 is 29.2 Å². The Bertz CT molecular complexity index is 749. The second-order valence-corrected chi connectivity index (χ2v) is 4.81. The number of anilines is 1. The van der Waals surface area contributed by atoms with E-state index >= 15 is 0 Å². The lowest BCUT2D eigenvalue weighted by Crippen LogP contribution is -1.96. The minimum absolute atomic E-state index is 0.121. The van der Waals surface area contributed by atoms with E-state index in [1.54, 1.807) is 24.3 Å². The number of benzene rings is 2. The van der Waals surface area contributed by atoms with Gasteiger partial charge in [-0.3, -0.25) is 15.5 Å². The third kappa shape index (κ3) is 4.10. The minimum Gasteiger partial charge on any atom is -0.495 e. The Morgan fingerprint density at radius 1 is 1.17 bits per heavy atom. The van der Waals surface area contributed by atoms with Crippen LogP contribution in [0.15, 0.2) is 41.5 Å². The third-order valence-corrected chi connectivity index (χ3v) is 3.25. The van der Waals surface area contributed by atoms with Crippen LogP contribution in [0.5, 0.6) is 11.5 Å². The van der Waals surface area contributed by atoms with Gasteiger partial charge in [-0.25, -0.2) is 0 Å². The molecular formula is C15H14ClN3O4. The molecule has 0 amide bonds. The fourth-order valence-electron chi connectivity index (χ4n) is 1.85. The molecule has 1 N–H and O–H groups in total. The Balaban J connectivity index is 2.13. The molecule has 23 heavy (non-hydrogen) atoms. The smallest absolute Gasteiger partial charge is 0.311 e. The standard InChI is InChI=1S/C15H14ClN3O4/c1-22-14-6-4-11(8-12(14)16)18-17-9-10-3-5-15(23-2)13(7-10)19(20)21/h3-9,18H,1-2H3/b17-9+. The van der Waals surface area contributed by atoms with E-state index in [0.717, 1.165) is 0 Å². The van der Waals surface area contributed by atoms with E-state index in [1.165, 1.54) is 32.6 Å². The lowest BCUT2D eigenvalue weighted by atomic mass is 10.2. The van der Waals surface area contributed by atoms with Gasteiger partial charge in [0.15, 0.2) is 5.75 Å². The van der Waals surface area contributed by atoms with Gasteiger partial charge in [0, 0.05) is 11.6 Å². The average molecular weight is 336 g/mol. The highest BCUT2D eigenvalue weighted by Gasteiger charge is 2.14. The van der Waals surface area contributed by atoms with Crippen molar-refractivity contribution in [2.45, 2.75) is 0 Å². The molecule has 0 heterocycles. The average Bonchev–Trinajstić information content (AvgIpc) is 2.55. The summed E-state index contributed by atoms with van der Waals surface area (Å²) in [6.45, 7) is 0. The van der Waals surface area contributed by atoms with E-state index in [0.29, 0.717) is 22.0 Å². The van der Waals surface area contributed by atoms with Gasteiger partial charge in [-0.05, 0) is 30.3 Å². The number of hydrogen-bond donors (Lipinski definition) is 1. The Kier molecular flexibility index (Phi) is 5.37. The van der Waals surface area contributed by atoms with E-state index in [9.17, 15) is 10.1 Å². The maximum absolute atomic E-state index is 11.0. The fraction of sp³-hybridized carbons (Fsp3) is 0.133. The first-order valence-electron chi connectivity index (χ1n) is 6.50. The molecule has 0 fully saturated rings. The Hall–Kier alpha value is -2.80. The monoisotopic (exact) mass is 335 g/mol. The normalized spacial score (nSPS) is 10.6. The molecule has 0 spiro atoms. The van der Waals surface area contributed by atoms with Gasteiger partial charge in [-0.1, -0.05) is 11.6 Å². The van der Waals surface area contributed by atoms with Gasteiger partial charge in [0.2, 0.25) is 0 Å². The minimum atomic E-state index is -0.507. The summed E-state index contributed by atoms with van der Waals surface area (Å²) >= 11 is 6.01. The van der Waals surface area contributed by atoms with Crippen molar-refractivity contribution in [1.82, 2.24) is 0 Å². The molecule has 0 aliphatic heterocycles. The van der Waals surface area contributed by atoms with Crippen molar-refractivity contribution < 1.29 is 14.4 Å². The van der Waals surface area contributed by atoms with Crippen LogP contribution in [-0.2, 0) is 0 Å². The SMILES string of the molecule is COc1ccc(N/N=C/c2ccc(OC)c([N+](=O)[O-])c2)cc1Cl. The molecule has 0 atom stereocenters. The molecule has 0 aliphatic carbocycles. The molecule has 2 rings (SSSR count). The van der Waals surface area contributed by atoms with Gasteiger partial charge in [0.1, 0.15) is 5.75 Å². The number of ether oxygens (including phenoxy) is 2. The first-order chi connectivity index (χ1) is 11.0. The van der Waals surface area contributed by atoms with Crippen molar-refractivity contribution in [3.8, 4) is 11.5 Å². The van der Waals surface area contributed by atoms with Crippen molar-refractivity contribution in [1.29, 1.82) is 0 Å². The molecule has 2 aromatic rings. The largest absolute Gasteiger partial charge is 0.495 e. The zero-order chi connectivity index (χ0) is 16.8. The molecule has 0 radical (unpaired) electrons. The van der Waals surface area contributed by atoms with Gasteiger partial charge in [-0.15, -0.1) is 0 Å². The highest BCUT2D eigenvalue weighted by molar-refractivity contribution is 6.32. The summed E-state index contributed by atoms with van der Waals surface area (Å²) in [5.41, 5.74) is 3.89. The van der Waals surface area contributed by atoms with Crippen molar-refractivity contribution in [2.24, 2.45) is 5.10 Å². The van der Waals surface area contributed by atoms with Crippen molar-refractivity contribution in [3.63, 3.8) is 0 Å². The Morgan fingerprint density at radius 2 is 1.87 bits per heavy atom. The van der Waals surface area contributed by atoms with Gasteiger partial charge in [-0.2, -0.15) is 5.10 Å². The molecule has 0 aromatic heterocycles. The first kappa shape index (κ1) is 16.6. The number of nitrogens with zero attached hydrogens (tertiary/aromatic N) is 2. The van der Waals surface area contributed by atoms with Crippen LogP contribution in [0.4, 0.5) is 11.4 Å². The second kappa shape index (κ2) is 7.46. The number of methoxy groups -OCH3 is 2. The zero-order valence-corrected chi connectivity index (χ0v) is 13.2. The van der Waals surface area contributed by atoms with Crippen LogP contribution in [0.25, 0.3) is 0 Å².